The van der Waals surface area contributed by atoms with Gasteiger partial charge in [-0.15, -0.1) is 5.10 Å². The van der Waals surface area contributed by atoms with Crippen LogP contribution in [0.2, 0.25) is 0 Å². The predicted octanol–water partition coefficient (Wildman–Crippen LogP) is 2.57. The molecule has 11 heteroatoms. The predicted molar refractivity (Wildman–Crippen MR) is 107 cm³/mol. The van der Waals surface area contributed by atoms with Crippen LogP contribution in [0.25, 0.3) is 0 Å². The number of nitrogens with one attached hydrogen (secondary N) is 1. The molecule has 1 aliphatic rings. The second kappa shape index (κ2) is 8.70. The number of pyridine rings is 1. The van der Waals surface area contributed by atoms with Crippen molar-refractivity contribution in [3.8, 4) is 11.6 Å². The summed E-state index contributed by atoms with van der Waals surface area (Å²) < 4.78 is 37.9. The zero-order chi connectivity index (χ0) is 22.0. The van der Waals surface area contributed by atoms with Gasteiger partial charge in [-0.1, -0.05) is 0 Å². The van der Waals surface area contributed by atoms with Crippen LogP contribution < -0.4 is 20.3 Å². The summed E-state index contributed by atoms with van der Waals surface area (Å²) in [5, 5.41) is 10.6. The van der Waals surface area contributed by atoms with Crippen LogP contribution in [0.4, 0.5) is 14.5 Å². The van der Waals surface area contributed by atoms with Crippen LogP contribution in [0.15, 0.2) is 41.6 Å². The van der Waals surface area contributed by atoms with Gasteiger partial charge in [-0.2, -0.15) is 13.9 Å². The molecular weight excluding hydrogens is 410 g/mol. The van der Waals surface area contributed by atoms with Crippen LogP contribution in [-0.2, 0) is 13.6 Å². The minimum Gasteiger partial charge on any atom is -0.495 e. The third-order valence-electron chi connectivity index (χ3n) is 5.12. The van der Waals surface area contributed by atoms with Crippen LogP contribution in [0.5, 0.6) is 11.6 Å². The second-order valence-electron chi connectivity index (χ2n) is 7.32. The SMILES string of the molecule is COc1ccc(C2CC2COc2cc(NCc3cnn(C(F)F)c3)c(=O)n(C)n2)nc1. The highest BCUT2D eigenvalue weighted by Gasteiger charge is 2.40. The average Bonchev–Trinajstić information content (AvgIpc) is 3.39. The molecule has 0 aromatic carbocycles. The van der Waals surface area contributed by atoms with Gasteiger partial charge in [0.05, 0.1) is 26.1 Å². The Labute approximate surface area is 176 Å². The van der Waals surface area contributed by atoms with Gasteiger partial charge in [-0.05, 0) is 18.6 Å². The van der Waals surface area contributed by atoms with Crippen molar-refractivity contribution in [1.82, 2.24) is 24.5 Å². The molecule has 1 N–H and O–H groups in total. The van der Waals surface area contributed by atoms with Crippen molar-refractivity contribution in [3.05, 3.63) is 58.4 Å². The highest BCUT2D eigenvalue weighted by atomic mass is 19.3. The number of aromatic nitrogens is 5. The number of anilines is 1. The first kappa shape index (κ1) is 20.8. The molecule has 1 aliphatic carbocycles. The lowest BCUT2D eigenvalue weighted by Gasteiger charge is -2.10. The number of ether oxygens (including phenoxy) is 2. The second-order valence-corrected chi connectivity index (χ2v) is 7.32. The number of aryl methyl sites for hydroxylation is 1. The van der Waals surface area contributed by atoms with Crippen LogP contribution in [0, 0.1) is 5.92 Å². The molecule has 3 heterocycles. The molecule has 0 amide bonds. The van der Waals surface area contributed by atoms with E-state index in [1.54, 1.807) is 13.3 Å². The normalized spacial score (nSPS) is 17.6. The van der Waals surface area contributed by atoms with Crippen molar-refractivity contribution in [2.75, 3.05) is 19.0 Å². The molecule has 3 aromatic heterocycles. The van der Waals surface area contributed by atoms with Gasteiger partial charge in [0.25, 0.3) is 5.56 Å². The van der Waals surface area contributed by atoms with Crippen molar-refractivity contribution in [2.45, 2.75) is 25.4 Å². The zero-order valence-corrected chi connectivity index (χ0v) is 17.0. The molecular formula is C20H22F2N6O3. The van der Waals surface area contributed by atoms with Crippen LogP contribution in [0.3, 0.4) is 0 Å². The van der Waals surface area contributed by atoms with E-state index in [4.69, 9.17) is 9.47 Å². The molecule has 3 aromatic rings. The standard InChI is InChI=1S/C20H22F2N6O3/c1-27-19(29)17(23-7-12-8-25-28(10-12)20(21)22)6-18(26-27)31-11-13-5-15(13)16-4-3-14(30-2)9-24-16/h3-4,6,8-10,13,15,20,23H,5,7,11H2,1-2H3. The molecule has 0 saturated heterocycles. The first-order valence-corrected chi connectivity index (χ1v) is 9.70. The third kappa shape index (κ3) is 4.81. The number of halogens is 2. The Balaban J connectivity index is 1.35. The zero-order valence-electron chi connectivity index (χ0n) is 17.0. The third-order valence-corrected chi connectivity index (χ3v) is 5.12. The van der Waals surface area contributed by atoms with E-state index in [1.807, 2.05) is 12.1 Å². The van der Waals surface area contributed by atoms with E-state index < -0.39 is 6.55 Å². The van der Waals surface area contributed by atoms with E-state index in [0.29, 0.717) is 40.3 Å². The Morgan fingerprint density at radius 1 is 1.32 bits per heavy atom. The molecule has 1 fully saturated rings. The van der Waals surface area contributed by atoms with Crippen molar-refractivity contribution >= 4 is 5.69 Å². The minimum atomic E-state index is -2.71. The van der Waals surface area contributed by atoms with Crippen molar-refractivity contribution in [2.24, 2.45) is 13.0 Å². The highest BCUT2D eigenvalue weighted by Crippen LogP contribution is 2.46. The molecule has 2 unspecified atom stereocenters. The van der Waals surface area contributed by atoms with Crippen LogP contribution >= 0.6 is 0 Å². The lowest BCUT2D eigenvalue weighted by molar-refractivity contribution is 0.0565. The molecule has 2 atom stereocenters. The number of methoxy groups -OCH3 is 1. The summed E-state index contributed by atoms with van der Waals surface area (Å²) in [6.45, 7) is -2.09. The first-order valence-electron chi connectivity index (χ1n) is 9.70. The molecule has 9 nitrogen and oxygen atoms in total. The lowest BCUT2D eigenvalue weighted by Crippen LogP contribution is -2.24. The fraction of sp³-hybridized carbons (Fsp3) is 0.400. The van der Waals surface area contributed by atoms with E-state index >= 15 is 0 Å². The molecule has 0 spiro atoms. The van der Waals surface area contributed by atoms with E-state index in [1.165, 1.54) is 30.2 Å². The smallest absolute Gasteiger partial charge is 0.333 e. The number of hydrogen-bond donors (Lipinski definition) is 1. The maximum absolute atomic E-state index is 12.6. The summed E-state index contributed by atoms with van der Waals surface area (Å²) in [4.78, 5) is 16.7. The lowest BCUT2D eigenvalue weighted by atomic mass is 10.2. The maximum Gasteiger partial charge on any atom is 0.333 e. The fourth-order valence-corrected chi connectivity index (χ4v) is 3.27. The van der Waals surface area contributed by atoms with Gasteiger partial charge in [-0.3, -0.25) is 9.78 Å². The van der Waals surface area contributed by atoms with E-state index in [-0.39, 0.29) is 17.8 Å². The topological polar surface area (TPSA) is 96.1 Å². The van der Waals surface area contributed by atoms with Crippen molar-refractivity contribution < 1.29 is 18.3 Å². The fourth-order valence-electron chi connectivity index (χ4n) is 3.27. The summed E-state index contributed by atoms with van der Waals surface area (Å²) in [5.41, 5.74) is 1.44. The van der Waals surface area contributed by atoms with Gasteiger partial charge in [0.15, 0.2) is 0 Å². The van der Waals surface area contributed by atoms with Gasteiger partial charge in [0.2, 0.25) is 5.88 Å². The number of hydrogen-bond acceptors (Lipinski definition) is 7. The van der Waals surface area contributed by atoms with E-state index in [0.717, 1.165) is 12.1 Å². The molecule has 4 rings (SSSR count). The molecule has 164 valence electrons. The van der Waals surface area contributed by atoms with Gasteiger partial charge in [0, 0.05) is 48.9 Å². The summed E-state index contributed by atoms with van der Waals surface area (Å²) in [7, 11) is 3.13. The molecule has 0 aliphatic heterocycles. The Bertz CT molecular complexity index is 1100. The van der Waals surface area contributed by atoms with E-state index in [9.17, 15) is 13.6 Å². The van der Waals surface area contributed by atoms with Gasteiger partial charge < -0.3 is 14.8 Å². The summed E-state index contributed by atoms with van der Waals surface area (Å²) in [6.07, 6.45) is 5.21. The van der Waals surface area contributed by atoms with Crippen LogP contribution in [-0.4, -0.2) is 38.3 Å². The van der Waals surface area contributed by atoms with E-state index in [2.05, 4.69) is 20.5 Å². The maximum atomic E-state index is 12.6. The Morgan fingerprint density at radius 3 is 2.84 bits per heavy atom. The van der Waals surface area contributed by atoms with Gasteiger partial charge >= 0.3 is 6.55 Å². The Hall–Kier alpha value is -3.50. The van der Waals surface area contributed by atoms with Crippen LogP contribution in [0.1, 0.15) is 30.1 Å². The summed E-state index contributed by atoms with van der Waals surface area (Å²) >= 11 is 0. The molecule has 1 saturated carbocycles. The molecule has 0 radical (unpaired) electrons. The number of rotatable bonds is 9. The minimum absolute atomic E-state index is 0.166. The van der Waals surface area contributed by atoms with Gasteiger partial charge in [0.1, 0.15) is 11.4 Å². The Kier molecular flexibility index (Phi) is 5.83. The summed E-state index contributed by atoms with van der Waals surface area (Å²) in [5.74, 6) is 1.66. The van der Waals surface area contributed by atoms with Crippen molar-refractivity contribution in [1.29, 1.82) is 0 Å². The highest BCUT2D eigenvalue weighted by molar-refractivity contribution is 5.43. The largest absolute Gasteiger partial charge is 0.495 e. The number of nitrogens with zero attached hydrogens (tertiary/aromatic N) is 5. The van der Waals surface area contributed by atoms with Gasteiger partial charge in [-0.25, -0.2) is 9.36 Å². The Morgan fingerprint density at radius 2 is 2.16 bits per heavy atom. The van der Waals surface area contributed by atoms with Crippen molar-refractivity contribution in [3.63, 3.8) is 0 Å². The quantitative estimate of drug-likeness (QED) is 0.555. The average molecular weight is 432 g/mol. The number of alkyl halides is 2. The monoisotopic (exact) mass is 432 g/mol. The molecule has 31 heavy (non-hydrogen) atoms. The first-order chi connectivity index (χ1) is 14.9. The summed E-state index contributed by atoms with van der Waals surface area (Å²) in [6, 6.07) is 5.35. The molecule has 0 bridgehead atoms.